The summed E-state index contributed by atoms with van der Waals surface area (Å²) in [5, 5.41) is 9.76. The van der Waals surface area contributed by atoms with Crippen molar-refractivity contribution >= 4 is 11.6 Å². The maximum atomic E-state index is 12.0. The van der Waals surface area contributed by atoms with Crippen LogP contribution in [0.3, 0.4) is 0 Å². The van der Waals surface area contributed by atoms with E-state index in [0.29, 0.717) is 16.8 Å². The fourth-order valence-electron chi connectivity index (χ4n) is 2.40. The number of hydrogen-bond acceptors (Lipinski definition) is 3. The molecule has 1 heterocycles. The van der Waals surface area contributed by atoms with E-state index in [-0.39, 0.29) is 5.91 Å². The third kappa shape index (κ3) is 2.49. The fourth-order valence-corrected chi connectivity index (χ4v) is 2.40. The predicted octanol–water partition coefficient (Wildman–Crippen LogP) is 1.86. The van der Waals surface area contributed by atoms with Crippen LogP contribution in [0, 0.1) is 5.41 Å². The van der Waals surface area contributed by atoms with Crippen molar-refractivity contribution in [1.29, 1.82) is 0 Å². The first-order chi connectivity index (χ1) is 8.62. The van der Waals surface area contributed by atoms with E-state index in [0.717, 1.165) is 18.7 Å². The highest BCUT2D eigenvalue weighted by Crippen LogP contribution is 2.48. The van der Waals surface area contributed by atoms with Gasteiger partial charge in [-0.15, -0.1) is 0 Å². The summed E-state index contributed by atoms with van der Waals surface area (Å²) in [6, 6.07) is 0. The molecule has 1 aliphatic carbocycles. The van der Waals surface area contributed by atoms with Crippen molar-refractivity contribution in [3.05, 3.63) is 11.4 Å². The SMILES string of the molecule is CCCC1(CNC(=O)c2n[nH]c(CC)c2N)CC1. The number of nitrogens with zero attached hydrogens (tertiary/aromatic N) is 1. The monoisotopic (exact) mass is 250 g/mol. The first-order valence-electron chi connectivity index (χ1n) is 6.73. The van der Waals surface area contributed by atoms with Crippen LogP contribution < -0.4 is 11.1 Å². The van der Waals surface area contributed by atoms with Gasteiger partial charge in [-0.1, -0.05) is 20.3 Å². The van der Waals surface area contributed by atoms with Crippen LogP contribution in [0.5, 0.6) is 0 Å². The Balaban J connectivity index is 1.94. The van der Waals surface area contributed by atoms with E-state index in [1.807, 2.05) is 6.92 Å². The van der Waals surface area contributed by atoms with Gasteiger partial charge in [0.05, 0.1) is 11.4 Å². The zero-order valence-electron chi connectivity index (χ0n) is 11.2. The van der Waals surface area contributed by atoms with Gasteiger partial charge in [0, 0.05) is 6.54 Å². The summed E-state index contributed by atoms with van der Waals surface area (Å²) in [6.45, 7) is 4.90. The summed E-state index contributed by atoms with van der Waals surface area (Å²) in [7, 11) is 0. The number of hydrogen-bond donors (Lipinski definition) is 3. The first-order valence-corrected chi connectivity index (χ1v) is 6.73. The summed E-state index contributed by atoms with van der Waals surface area (Å²) >= 11 is 0. The molecule has 0 aliphatic heterocycles. The standard InChI is InChI=1S/C13H22N4O/c1-3-5-13(6-7-13)8-15-12(18)11-10(14)9(4-2)16-17-11/h3-8,14H2,1-2H3,(H,15,18)(H,16,17). The lowest BCUT2D eigenvalue weighted by atomic mass is 10.0. The quantitative estimate of drug-likeness (QED) is 0.720. The zero-order valence-corrected chi connectivity index (χ0v) is 11.2. The lowest BCUT2D eigenvalue weighted by Gasteiger charge is -2.14. The van der Waals surface area contributed by atoms with Gasteiger partial charge >= 0.3 is 0 Å². The fraction of sp³-hybridized carbons (Fsp3) is 0.692. The van der Waals surface area contributed by atoms with Gasteiger partial charge in [-0.2, -0.15) is 5.10 Å². The number of nitrogen functional groups attached to an aromatic ring is 1. The molecule has 0 radical (unpaired) electrons. The number of rotatable bonds is 6. The Kier molecular flexibility index (Phi) is 3.59. The van der Waals surface area contributed by atoms with Crippen LogP contribution in [-0.2, 0) is 6.42 Å². The van der Waals surface area contributed by atoms with E-state index in [9.17, 15) is 4.79 Å². The molecule has 1 aromatic heterocycles. The third-order valence-electron chi connectivity index (χ3n) is 3.81. The number of aryl methyl sites for hydroxylation is 1. The molecule has 100 valence electrons. The number of amides is 1. The zero-order chi connectivity index (χ0) is 13.2. The highest BCUT2D eigenvalue weighted by molar-refractivity contribution is 5.97. The van der Waals surface area contributed by atoms with Gasteiger partial charge in [0.1, 0.15) is 0 Å². The van der Waals surface area contributed by atoms with Crippen LogP contribution in [0.4, 0.5) is 5.69 Å². The molecular weight excluding hydrogens is 228 g/mol. The Morgan fingerprint density at radius 2 is 2.22 bits per heavy atom. The number of aromatic amines is 1. The average Bonchev–Trinajstić information content (AvgIpc) is 3.02. The summed E-state index contributed by atoms with van der Waals surface area (Å²) in [5.41, 5.74) is 7.87. The Labute approximate surface area is 108 Å². The Morgan fingerprint density at radius 3 is 2.72 bits per heavy atom. The van der Waals surface area contributed by atoms with Crippen LogP contribution in [-0.4, -0.2) is 22.6 Å². The van der Waals surface area contributed by atoms with E-state index in [2.05, 4.69) is 22.4 Å². The number of nitrogens with one attached hydrogen (secondary N) is 2. The van der Waals surface area contributed by atoms with Crippen LogP contribution in [0.1, 0.15) is 55.7 Å². The van der Waals surface area contributed by atoms with E-state index >= 15 is 0 Å². The van der Waals surface area contributed by atoms with Crippen LogP contribution in [0.2, 0.25) is 0 Å². The molecule has 1 aliphatic rings. The molecule has 0 unspecified atom stereocenters. The number of nitrogens with two attached hydrogens (primary N) is 1. The summed E-state index contributed by atoms with van der Waals surface area (Å²) < 4.78 is 0. The molecular formula is C13H22N4O. The van der Waals surface area contributed by atoms with Crippen molar-refractivity contribution in [2.24, 2.45) is 5.41 Å². The van der Waals surface area contributed by atoms with Gasteiger partial charge in [0.2, 0.25) is 0 Å². The van der Waals surface area contributed by atoms with Crippen LogP contribution in [0.15, 0.2) is 0 Å². The molecule has 1 saturated carbocycles. The molecule has 0 saturated heterocycles. The van der Waals surface area contributed by atoms with E-state index in [1.165, 1.54) is 25.7 Å². The van der Waals surface area contributed by atoms with Gasteiger partial charge in [0.15, 0.2) is 5.69 Å². The molecule has 18 heavy (non-hydrogen) atoms. The van der Waals surface area contributed by atoms with Crippen LogP contribution in [0.25, 0.3) is 0 Å². The smallest absolute Gasteiger partial charge is 0.273 e. The molecule has 4 N–H and O–H groups in total. The van der Waals surface area contributed by atoms with Crippen molar-refractivity contribution in [1.82, 2.24) is 15.5 Å². The maximum absolute atomic E-state index is 12.0. The molecule has 1 aromatic rings. The number of carbonyl (C=O) groups is 1. The lowest BCUT2D eigenvalue weighted by molar-refractivity contribution is 0.0939. The average molecular weight is 250 g/mol. The number of aromatic nitrogens is 2. The molecule has 0 bridgehead atoms. The molecule has 5 nitrogen and oxygen atoms in total. The van der Waals surface area contributed by atoms with Gasteiger partial charge < -0.3 is 11.1 Å². The molecule has 1 fully saturated rings. The molecule has 2 rings (SSSR count). The van der Waals surface area contributed by atoms with Crippen molar-refractivity contribution < 1.29 is 4.79 Å². The van der Waals surface area contributed by atoms with Gasteiger partial charge in [0.25, 0.3) is 5.91 Å². The molecule has 5 heteroatoms. The number of anilines is 1. The van der Waals surface area contributed by atoms with Crippen molar-refractivity contribution in [3.8, 4) is 0 Å². The molecule has 0 spiro atoms. The van der Waals surface area contributed by atoms with Crippen LogP contribution >= 0.6 is 0 Å². The number of H-pyrrole nitrogens is 1. The first kappa shape index (κ1) is 12.9. The predicted molar refractivity (Wildman–Crippen MR) is 71.3 cm³/mol. The highest BCUT2D eigenvalue weighted by atomic mass is 16.1. The maximum Gasteiger partial charge on any atom is 0.273 e. The molecule has 1 amide bonds. The largest absolute Gasteiger partial charge is 0.395 e. The van der Waals surface area contributed by atoms with E-state index in [1.54, 1.807) is 0 Å². The normalized spacial score (nSPS) is 16.6. The second-order valence-electron chi connectivity index (χ2n) is 5.25. The topological polar surface area (TPSA) is 83.8 Å². The Bertz CT molecular complexity index is 434. The van der Waals surface area contributed by atoms with E-state index in [4.69, 9.17) is 5.73 Å². The van der Waals surface area contributed by atoms with Crippen molar-refractivity contribution in [3.63, 3.8) is 0 Å². The lowest BCUT2D eigenvalue weighted by Crippen LogP contribution is -2.31. The molecule has 0 aromatic carbocycles. The minimum absolute atomic E-state index is 0.161. The highest BCUT2D eigenvalue weighted by Gasteiger charge is 2.41. The Morgan fingerprint density at radius 1 is 1.50 bits per heavy atom. The van der Waals surface area contributed by atoms with Gasteiger partial charge in [-0.05, 0) is 31.1 Å². The summed E-state index contributed by atoms with van der Waals surface area (Å²) in [4.78, 5) is 12.0. The second-order valence-corrected chi connectivity index (χ2v) is 5.25. The number of carbonyl (C=O) groups excluding carboxylic acids is 1. The van der Waals surface area contributed by atoms with E-state index < -0.39 is 0 Å². The Hall–Kier alpha value is -1.52. The minimum atomic E-state index is -0.161. The summed E-state index contributed by atoms with van der Waals surface area (Å²) in [5.74, 6) is -0.161. The van der Waals surface area contributed by atoms with Crippen molar-refractivity contribution in [2.75, 3.05) is 12.3 Å². The van der Waals surface area contributed by atoms with Gasteiger partial charge in [-0.25, -0.2) is 0 Å². The summed E-state index contributed by atoms with van der Waals surface area (Å²) in [6.07, 6.45) is 5.55. The second kappa shape index (κ2) is 5.00. The third-order valence-corrected chi connectivity index (χ3v) is 3.81. The molecule has 0 atom stereocenters. The van der Waals surface area contributed by atoms with Gasteiger partial charge in [-0.3, -0.25) is 9.89 Å². The minimum Gasteiger partial charge on any atom is -0.395 e. The van der Waals surface area contributed by atoms with Crippen molar-refractivity contribution in [2.45, 2.75) is 46.0 Å².